The predicted molar refractivity (Wildman–Crippen MR) is 33.0 cm³/mol. The van der Waals surface area contributed by atoms with Crippen molar-refractivity contribution in [1.82, 2.24) is 0 Å². The molecule has 0 unspecified atom stereocenters. The lowest BCUT2D eigenvalue weighted by Gasteiger charge is -2.04. The molecule has 2 heteroatoms. The normalized spacial score (nSPS) is 10.5. The average molecular weight is 118 g/mol. The van der Waals surface area contributed by atoms with Crippen molar-refractivity contribution < 1.29 is 9.47 Å². The number of hydrogen-bond donors (Lipinski definition) is 0. The Morgan fingerprint density at radius 2 is 1.88 bits per heavy atom. The van der Waals surface area contributed by atoms with E-state index in [-0.39, 0.29) is 0 Å². The van der Waals surface area contributed by atoms with Gasteiger partial charge in [0, 0.05) is 7.11 Å². The summed E-state index contributed by atoms with van der Waals surface area (Å²) in [6, 6.07) is 0. The Hall–Kier alpha value is -0.0800. The van der Waals surface area contributed by atoms with Gasteiger partial charge in [-0.1, -0.05) is 0 Å². The van der Waals surface area contributed by atoms with Crippen molar-refractivity contribution in [2.24, 2.45) is 0 Å². The van der Waals surface area contributed by atoms with Crippen molar-refractivity contribution in [3.8, 4) is 0 Å². The third kappa shape index (κ3) is 5.92. The van der Waals surface area contributed by atoms with Gasteiger partial charge in [0.2, 0.25) is 0 Å². The van der Waals surface area contributed by atoms with Crippen molar-refractivity contribution in [3.05, 3.63) is 0 Å². The number of ether oxygens (including phenoxy) is 2. The van der Waals surface area contributed by atoms with Gasteiger partial charge in [-0.05, 0) is 13.8 Å². The van der Waals surface area contributed by atoms with Crippen LogP contribution in [0.15, 0.2) is 0 Å². The molecule has 0 aliphatic carbocycles. The number of rotatable bonds is 4. The van der Waals surface area contributed by atoms with Crippen molar-refractivity contribution in [3.63, 3.8) is 0 Å². The van der Waals surface area contributed by atoms with E-state index in [9.17, 15) is 0 Å². The zero-order valence-corrected chi connectivity index (χ0v) is 5.81. The number of hydrogen-bond acceptors (Lipinski definition) is 2. The predicted octanol–water partition coefficient (Wildman–Crippen LogP) is 1.06. The molecule has 0 aliphatic heterocycles. The van der Waals surface area contributed by atoms with Crippen LogP contribution in [0, 0.1) is 0 Å². The summed E-state index contributed by atoms with van der Waals surface area (Å²) < 4.78 is 9.92. The average Bonchev–Trinajstić information content (AvgIpc) is 1.66. The molecule has 0 aliphatic rings. The maximum Gasteiger partial charge on any atom is 0.0703 e. The Morgan fingerprint density at radius 1 is 1.25 bits per heavy atom. The fraction of sp³-hybridized carbons (Fsp3) is 1.00. The minimum absolute atomic E-state index is 0.324. The lowest BCUT2D eigenvalue weighted by atomic mass is 10.5. The van der Waals surface area contributed by atoms with Gasteiger partial charge in [-0.2, -0.15) is 0 Å². The van der Waals surface area contributed by atoms with Gasteiger partial charge >= 0.3 is 0 Å². The Balaban J connectivity index is 2.72. The second kappa shape index (κ2) is 5.06. The van der Waals surface area contributed by atoms with Gasteiger partial charge in [0.15, 0.2) is 0 Å². The molecule has 0 atom stereocenters. The van der Waals surface area contributed by atoms with E-state index in [0.29, 0.717) is 19.3 Å². The second-order valence-corrected chi connectivity index (χ2v) is 1.91. The molecule has 0 spiro atoms. The summed E-state index contributed by atoms with van der Waals surface area (Å²) in [4.78, 5) is 0. The van der Waals surface area contributed by atoms with Crippen LogP contribution < -0.4 is 0 Å². The van der Waals surface area contributed by atoms with Crippen molar-refractivity contribution >= 4 is 0 Å². The van der Waals surface area contributed by atoms with Crippen LogP contribution in [0.4, 0.5) is 0 Å². The molecule has 0 saturated carbocycles. The van der Waals surface area contributed by atoms with E-state index in [2.05, 4.69) is 0 Å². The summed E-state index contributed by atoms with van der Waals surface area (Å²) in [5, 5.41) is 0. The lowest BCUT2D eigenvalue weighted by molar-refractivity contribution is 0.0351. The Labute approximate surface area is 50.8 Å². The van der Waals surface area contributed by atoms with Crippen LogP contribution in [0.25, 0.3) is 0 Å². The Bertz CT molecular complexity index is 43.8. The largest absolute Gasteiger partial charge is 0.382 e. The molecule has 0 heterocycles. The SMILES string of the molecule is COCCOC(C)C. The zero-order valence-electron chi connectivity index (χ0n) is 5.81. The van der Waals surface area contributed by atoms with Crippen LogP contribution >= 0.6 is 0 Å². The van der Waals surface area contributed by atoms with Gasteiger partial charge in [0.25, 0.3) is 0 Å². The Kier molecular flexibility index (Phi) is 5.01. The maximum atomic E-state index is 5.16. The van der Waals surface area contributed by atoms with Gasteiger partial charge in [0.05, 0.1) is 19.3 Å². The minimum atomic E-state index is 0.324. The Morgan fingerprint density at radius 3 is 2.25 bits per heavy atom. The molecule has 0 rings (SSSR count). The van der Waals surface area contributed by atoms with Gasteiger partial charge < -0.3 is 9.47 Å². The first-order chi connectivity index (χ1) is 3.77. The van der Waals surface area contributed by atoms with E-state index in [0.717, 1.165) is 0 Å². The fourth-order valence-corrected chi connectivity index (χ4v) is 0.367. The first kappa shape index (κ1) is 7.92. The molecule has 0 aromatic heterocycles. The molecule has 0 saturated heterocycles. The zero-order chi connectivity index (χ0) is 6.41. The quantitative estimate of drug-likeness (QED) is 0.514. The molecule has 0 N–H and O–H groups in total. The topological polar surface area (TPSA) is 18.5 Å². The first-order valence-electron chi connectivity index (χ1n) is 2.88. The van der Waals surface area contributed by atoms with Gasteiger partial charge in [-0.3, -0.25) is 0 Å². The van der Waals surface area contributed by atoms with E-state index >= 15 is 0 Å². The van der Waals surface area contributed by atoms with Gasteiger partial charge in [0.1, 0.15) is 0 Å². The van der Waals surface area contributed by atoms with Crippen molar-refractivity contribution in [2.45, 2.75) is 20.0 Å². The molecule has 0 aromatic rings. The summed E-state index contributed by atoms with van der Waals surface area (Å²) in [6.07, 6.45) is 0.324. The molecule has 8 heavy (non-hydrogen) atoms. The first-order valence-corrected chi connectivity index (χ1v) is 2.88. The molecule has 0 amide bonds. The summed E-state index contributed by atoms with van der Waals surface area (Å²) in [5.74, 6) is 0. The smallest absolute Gasteiger partial charge is 0.0703 e. The molecule has 0 radical (unpaired) electrons. The minimum Gasteiger partial charge on any atom is -0.382 e. The van der Waals surface area contributed by atoms with Crippen LogP contribution in [0.5, 0.6) is 0 Å². The second-order valence-electron chi connectivity index (χ2n) is 1.91. The molecule has 2 nitrogen and oxygen atoms in total. The van der Waals surface area contributed by atoms with Crippen LogP contribution in [0.2, 0.25) is 0 Å². The standard InChI is InChI=1S/C6H14O2/c1-6(2)8-5-4-7-3/h6H,4-5H2,1-3H3. The summed E-state index contributed by atoms with van der Waals surface area (Å²) in [5.41, 5.74) is 0. The summed E-state index contributed by atoms with van der Waals surface area (Å²) in [6.45, 7) is 5.41. The van der Waals surface area contributed by atoms with E-state index in [4.69, 9.17) is 9.47 Å². The van der Waals surface area contributed by atoms with Gasteiger partial charge in [-0.25, -0.2) is 0 Å². The number of methoxy groups -OCH3 is 1. The lowest BCUT2D eigenvalue weighted by Crippen LogP contribution is -2.07. The maximum absolute atomic E-state index is 5.16. The van der Waals surface area contributed by atoms with Crippen LogP contribution in [-0.2, 0) is 9.47 Å². The van der Waals surface area contributed by atoms with E-state index in [1.54, 1.807) is 7.11 Å². The summed E-state index contributed by atoms with van der Waals surface area (Å²) >= 11 is 0. The van der Waals surface area contributed by atoms with Crippen LogP contribution in [-0.4, -0.2) is 26.4 Å². The van der Waals surface area contributed by atoms with E-state index in [1.165, 1.54) is 0 Å². The monoisotopic (exact) mass is 118 g/mol. The highest BCUT2D eigenvalue weighted by Crippen LogP contribution is 1.85. The summed E-state index contributed by atoms with van der Waals surface area (Å²) in [7, 11) is 1.67. The highest BCUT2D eigenvalue weighted by molar-refractivity contribution is 4.34. The molecular weight excluding hydrogens is 104 g/mol. The molecular formula is C6H14O2. The third-order valence-electron chi connectivity index (χ3n) is 0.739. The highest BCUT2D eigenvalue weighted by atomic mass is 16.5. The van der Waals surface area contributed by atoms with Crippen molar-refractivity contribution in [1.29, 1.82) is 0 Å². The van der Waals surface area contributed by atoms with Crippen LogP contribution in [0.1, 0.15) is 13.8 Å². The third-order valence-corrected chi connectivity index (χ3v) is 0.739. The molecule has 50 valence electrons. The van der Waals surface area contributed by atoms with Crippen LogP contribution in [0.3, 0.4) is 0 Å². The fourth-order valence-electron chi connectivity index (χ4n) is 0.367. The van der Waals surface area contributed by atoms with Gasteiger partial charge in [-0.15, -0.1) is 0 Å². The molecule has 0 bridgehead atoms. The molecule has 0 fully saturated rings. The van der Waals surface area contributed by atoms with E-state index in [1.807, 2.05) is 13.8 Å². The van der Waals surface area contributed by atoms with E-state index < -0.39 is 0 Å². The highest BCUT2D eigenvalue weighted by Gasteiger charge is 1.89. The molecule has 0 aromatic carbocycles. The van der Waals surface area contributed by atoms with Crippen molar-refractivity contribution in [2.75, 3.05) is 20.3 Å².